The van der Waals surface area contributed by atoms with Crippen molar-refractivity contribution in [3.8, 4) is 0 Å². The van der Waals surface area contributed by atoms with Crippen molar-refractivity contribution in [3.05, 3.63) is 35.9 Å². The lowest BCUT2D eigenvalue weighted by molar-refractivity contribution is -0.212. The molecule has 0 aromatic heterocycles. The first kappa shape index (κ1) is 22.9. The Labute approximate surface area is 173 Å². The zero-order valence-corrected chi connectivity index (χ0v) is 18.3. The Morgan fingerprint density at radius 2 is 1.79 bits per heavy atom. The molecule has 1 aliphatic rings. The molecule has 1 aliphatic heterocycles. The van der Waals surface area contributed by atoms with Crippen LogP contribution >= 0.6 is 0 Å². The Kier molecular flexibility index (Phi) is 7.44. The van der Waals surface area contributed by atoms with Gasteiger partial charge >= 0.3 is 11.9 Å². The zero-order chi connectivity index (χ0) is 21.8. The monoisotopic (exact) mass is 403 g/mol. The molecule has 0 aliphatic carbocycles. The SMILES string of the molecule is CCOC(=O)CC(CC(C)C)C1C(=O)OC(C)(C)N([C@@H](C)c2ccccc2)C1=O. The minimum atomic E-state index is -1.08. The molecule has 6 nitrogen and oxygen atoms in total. The van der Waals surface area contributed by atoms with Crippen LogP contribution < -0.4 is 0 Å². The van der Waals surface area contributed by atoms with Crippen LogP contribution in [0.1, 0.15) is 66.0 Å². The van der Waals surface area contributed by atoms with Crippen LogP contribution in [0, 0.1) is 17.8 Å². The second-order valence-electron chi connectivity index (χ2n) is 8.54. The zero-order valence-electron chi connectivity index (χ0n) is 18.3. The molecule has 1 heterocycles. The first-order chi connectivity index (χ1) is 13.6. The van der Waals surface area contributed by atoms with E-state index < -0.39 is 29.5 Å². The van der Waals surface area contributed by atoms with E-state index in [9.17, 15) is 14.4 Å². The predicted molar refractivity (Wildman–Crippen MR) is 110 cm³/mol. The second kappa shape index (κ2) is 9.42. The second-order valence-corrected chi connectivity index (χ2v) is 8.54. The Balaban J connectivity index is 2.38. The largest absolute Gasteiger partial charge is 0.466 e. The van der Waals surface area contributed by atoms with Gasteiger partial charge < -0.3 is 9.47 Å². The van der Waals surface area contributed by atoms with Gasteiger partial charge in [-0.3, -0.25) is 19.3 Å². The van der Waals surface area contributed by atoms with Gasteiger partial charge in [0.15, 0.2) is 5.72 Å². The van der Waals surface area contributed by atoms with Gasteiger partial charge in [0.25, 0.3) is 0 Å². The van der Waals surface area contributed by atoms with E-state index in [1.165, 1.54) is 0 Å². The predicted octanol–water partition coefficient (Wildman–Crippen LogP) is 4.10. The molecule has 160 valence electrons. The van der Waals surface area contributed by atoms with E-state index in [0.29, 0.717) is 6.42 Å². The first-order valence-corrected chi connectivity index (χ1v) is 10.3. The van der Waals surface area contributed by atoms with Gasteiger partial charge in [-0.05, 0) is 51.5 Å². The highest BCUT2D eigenvalue weighted by molar-refractivity contribution is 6.01. The smallest absolute Gasteiger partial charge is 0.320 e. The molecule has 1 aromatic carbocycles. The molecular formula is C23H33NO5. The van der Waals surface area contributed by atoms with Crippen molar-refractivity contribution >= 4 is 17.8 Å². The number of cyclic esters (lactones) is 1. The minimum absolute atomic E-state index is 0.0194. The van der Waals surface area contributed by atoms with Crippen LogP contribution in [0.25, 0.3) is 0 Å². The summed E-state index contributed by atoms with van der Waals surface area (Å²) in [6.45, 7) is 11.4. The summed E-state index contributed by atoms with van der Waals surface area (Å²) in [6.07, 6.45) is 0.573. The summed E-state index contributed by atoms with van der Waals surface area (Å²) >= 11 is 0. The molecule has 0 N–H and O–H groups in total. The van der Waals surface area contributed by atoms with E-state index in [1.54, 1.807) is 25.7 Å². The van der Waals surface area contributed by atoms with Gasteiger partial charge in [0.2, 0.25) is 5.91 Å². The molecule has 0 radical (unpaired) electrons. The van der Waals surface area contributed by atoms with Gasteiger partial charge in [0, 0.05) is 6.42 Å². The maximum atomic E-state index is 13.6. The number of nitrogens with zero attached hydrogens (tertiary/aromatic N) is 1. The van der Waals surface area contributed by atoms with Gasteiger partial charge in [0.1, 0.15) is 5.92 Å². The molecule has 1 aromatic rings. The van der Waals surface area contributed by atoms with Gasteiger partial charge in [-0.15, -0.1) is 0 Å². The quantitative estimate of drug-likeness (QED) is 0.483. The van der Waals surface area contributed by atoms with E-state index in [2.05, 4.69) is 0 Å². The van der Waals surface area contributed by atoms with Crippen molar-refractivity contribution in [2.45, 2.75) is 66.2 Å². The number of carbonyl (C=O) groups excluding carboxylic acids is 3. The minimum Gasteiger partial charge on any atom is -0.466 e. The summed E-state index contributed by atoms with van der Waals surface area (Å²) in [5, 5.41) is 0. The van der Waals surface area contributed by atoms with Gasteiger partial charge in [-0.1, -0.05) is 44.2 Å². The number of amides is 1. The van der Waals surface area contributed by atoms with E-state index in [1.807, 2.05) is 51.1 Å². The number of hydrogen-bond acceptors (Lipinski definition) is 5. The Morgan fingerprint density at radius 1 is 1.17 bits per heavy atom. The van der Waals surface area contributed by atoms with Crippen molar-refractivity contribution in [3.63, 3.8) is 0 Å². The molecule has 0 bridgehead atoms. The Bertz CT molecular complexity index is 728. The van der Waals surface area contributed by atoms with E-state index >= 15 is 0 Å². The van der Waals surface area contributed by atoms with Gasteiger partial charge in [-0.25, -0.2) is 0 Å². The molecule has 1 fully saturated rings. The molecule has 1 saturated heterocycles. The third kappa shape index (κ3) is 5.37. The number of carbonyl (C=O) groups is 3. The summed E-state index contributed by atoms with van der Waals surface area (Å²) in [6, 6.07) is 9.36. The van der Waals surface area contributed by atoms with E-state index in [4.69, 9.17) is 9.47 Å². The number of esters is 2. The molecule has 1 amide bonds. The number of benzene rings is 1. The lowest BCUT2D eigenvalue weighted by atomic mass is 9.80. The molecule has 0 saturated carbocycles. The maximum absolute atomic E-state index is 13.6. The third-order valence-corrected chi connectivity index (χ3v) is 5.34. The maximum Gasteiger partial charge on any atom is 0.320 e. The summed E-state index contributed by atoms with van der Waals surface area (Å²) < 4.78 is 10.8. The molecule has 29 heavy (non-hydrogen) atoms. The van der Waals surface area contributed by atoms with Crippen LogP contribution in [0.3, 0.4) is 0 Å². The van der Waals surface area contributed by atoms with E-state index in [0.717, 1.165) is 5.56 Å². The van der Waals surface area contributed by atoms with Gasteiger partial charge in [0.05, 0.1) is 12.6 Å². The summed E-state index contributed by atoms with van der Waals surface area (Å²) in [7, 11) is 0. The van der Waals surface area contributed by atoms with Gasteiger partial charge in [-0.2, -0.15) is 0 Å². The number of ether oxygens (including phenoxy) is 2. The van der Waals surface area contributed by atoms with Crippen molar-refractivity contribution in [1.29, 1.82) is 0 Å². The Hall–Kier alpha value is -2.37. The fourth-order valence-corrected chi connectivity index (χ4v) is 4.18. The fourth-order valence-electron chi connectivity index (χ4n) is 4.18. The van der Waals surface area contributed by atoms with Crippen LogP contribution in [0.5, 0.6) is 0 Å². The fraction of sp³-hybridized carbons (Fsp3) is 0.609. The highest BCUT2D eigenvalue weighted by Gasteiger charge is 2.52. The molecule has 2 rings (SSSR count). The summed E-state index contributed by atoms with van der Waals surface area (Å²) in [5.74, 6) is -2.52. The lowest BCUT2D eigenvalue weighted by Gasteiger charge is -2.48. The van der Waals surface area contributed by atoms with Crippen molar-refractivity contribution in [2.75, 3.05) is 6.61 Å². The topological polar surface area (TPSA) is 72.9 Å². The number of rotatable bonds is 8. The van der Waals surface area contributed by atoms with E-state index in [-0.39, 0.29) is 30.9 Å². The summed E-state index contributed by atoms with van der Waals surface area (Å²) in [5.41, 5.74) is -0.122. The average molecular weight is 404 g/mol. The highest BCUT2D eigenvalue weighted by Crippen LogP contribution is 2.39. The molecule has 2 unspecified atom stereocenters. The van der Waals surface area contributed by atoms with Crippen molar-refractivity contribution in [1.82, 2.24) is 4.90 Å². The standard InChI is InChI=1S/C23H33NO5/c1-7-28-19(25)14-18(13-15(2)3)20-21(26)24(23(5,6)29-22(20)27)16(4)17-11-9-8-10-12-17/h8-12,15-16,18,20H,7,13-14H2,1-6H3/t16-,18?,20?/m0/s1. The van der Waals surface area contributed by atoms with Crippen molar-refractivity contribution < 1.29 is 23.9 Å². The molecule has 0 spiro atoms. The molecule has 3 atom stereocenters. The summed E-state index contributed by atoms with van der Waals surface area (Å²) in [4.78, 5) is 40.3. The Morgan fingerprint density at radius 3 is 2.34 bits per heavy atom. The van der Waals surface area contributed by atoms with Crippen molar-refractivity contribution in [2.24, 2.45) is 17.8 Å². The lowest BCUT2D eigenvalue weighted by Crippen LogP contribution is -2.61. The number of hydrogen-bond donors (Lipinski definition) is 0. The third-order valence-electron chi connectivity index (χ3n) is 5.34. The highest BCUT2D eigenvalue weighted by atomic mass is 16.6. The van der Waals surface area contributed by atoms with Crippen LogP contribution in [0.2, 0.25) is 0 Å². The van der Waals surface area contributed by atoms with Crippen LogP contribution in [0.4, 0.5) is 0 Å². The average Bonchev–Trinajstić information content (AvgIpc) is 2.60. The van der Waals surface area contributed by atoms with Crippen LogP contribution in [-0.2, 0) is 23.9 Å². The molecular weight excluding hydrogens is 370 g/mol. The molecule has 6 heteroatoms. The van der Waals surface area contributed by atoms with Crippen LogP contribution in [-0.4, -0.2) is 35.1 Å². The normalized spacial score (nSPS) is 20.9. The first-order valence-electron chi connectivity index (χ1n) is 10.3. The van der Waals surface area contributed by atoms with Crippen LogP contribution in [0.15, 0.2) is 30.3 Å².